The van der Waals surface area contributed by atoms with Crippen LogP contribution >= 0.6 is 34.5 Å². The number of hydrogen-bond donors (Lipinski definition) is 1. The molecule has 4 nitrogen and oxygen atoms in total. The van der Waals surface area contributed by atoms with Gasteiger partial charge in [-0.15, -0.1) is 11.3 Å². The van der Waals surface area contributed by atoms with Gasteiger partial charge in [0.05, 0.1) is 10.7 Å². The molecule has 1 heterocycles. The number of nitrogens with zero attached hydrogens (tertiary/aromatic N) is 1. The van der Waals surface area contributed by atoms with Crippen LogP contribution in [0.4, 0.5) is 5.13 Å². The summed E-state index contributed by atoms with van der Waals surface area (Å²) < 4.78 is 5.39. The maximum atomic E-state index is 12.0. The highest BCUT2D eigenvalue weighted by Gasteiger charge is 2.09. The van der Waals surface area contributed by atoms with Gasteiger partial charge in [-0.3, -0.25) is 10.1 Å². The van der Waals surface area contributed by atoms with Crippen molar-refractivity contribution in [2.45, 2.75) is 0 Å². The topological polar surface area (TPSA) is 51.2 Å². The lowest BCUT2D eigenvalue weighted by atomic mass is 10.2. The quantitative estimate of drug-likeness (QED) is 0.668. The van der Waals surface area contributed by atoms with Crippen molar-refractivity contribution in [1.29, 1.82) is 0 Å². The Hall–Kier alpha value is -2.08. The number of anilines is 1. The highest BCUT2D eigenvalue weighted by Crippen LogP contribution is 2.26. The van der Waals surface area contributed by atoms with E-state index in [2.05, 4.69) is 10.3 Å². The van der Waals surface area contributed by atoms with Gasteiger partial charge in [-0.25, -0.2) is 4.98 Å². The molecule has 7 heteroatoms. The third kappa shape index (κ3) is 4.26. The molecule has 0 aliphatic carbocycles. The van der Waals surface area contributed by atoms with Crippen molar-refractivity contribution >= 4 is 45.6 Å². The molecule has 0 saturated carbocycles. The normalized spacial score (nSPS) is 10.4. The third-order valence-corrected chi connectivity index (χ3v) is 4.41. The van der Waals surface area contributed by atoms with Gasteiger partial charge in [0.2, 0.25) is 0 Å². The zero-order chi connectivity index (χ0) is 16.9. The molecule has 0 spiro atoms. The minimum atomic E-state index is -0.299. The molecule has 3 aromatic rings. The number of rotatable bonds is 5. The van der Waals surface area contributed by atoms with Crippen LogP contribution in [0.2, 0.25) is 10.0 Å². The number of benzene rings is 2. The average molecular weight is 379 g/mol. The number of amides is 1. The molecule has 24 heavy (non-hydrogen) atoms. The lowest BCUT2D eigenvalue weighted by Gasteiger charge is -2.07. The summed E-state index contributed by atoms with van der Waals surface area (Å²) in [5.41, 5.74) is 1.71. The molecule has 1 aromatic heterocycles. The Bertz CT molecular complexity index is 850. The predicted molar refractivity (Wildman–Crippen MR) is 98.1 cm³/mol. The number of carbonyl (C=O) groups is 1. The van der Waals surface area contributed by atoms with E-state index in [0.717, 1.165) is 11.3 Å². The summed E-state index contributed by atoms with van der Waals surface area (Å²) >= 11 is 13.2. The van der Waals surface area contributed by atoms with Gasteiger partial charge < -0.3 is 4.74 Å². The largest absolute Gasteiger partial charge is 0.482 e. The lowest BCUT2D eigenvalue weighted by molar-refractivity contribution is -0.118. The fourth-order valence-electron chi connectivity index (χ4n) is 1.94. The van der Waals surface area contributed by atoms with Crippen LogP contribution in [-0.4, -0.2) is 17.5 Å². The number of carbonyl (C=O) groups excluding carboxylic acids is 1. The van der Waals surface area contributed by atoms with E-state index in [1.807, 2.05) is 17.5 Å². The molecule has 0 saturated heterocycles. The molecule has 122 valence electrons. The first kappa shape index (κ1) is 16.8. The minimum absolute atomic E-state index is 0.139. The summed E-state index contributed by atoms with van der Waals surface area (Å²) in [7, 11) is 0. The fraction of sp³-hybridized carbons (Fsp3) is 0.0588. The van der Waals surface area contributed by atoms with Gasteiger partial charge in [0.25, 0.3) is 5.91 Å². The molecular weight excluding hydrogens is 367 g/mol. The van der Waals surface area contributed by atoms with Crippen molar-refractivity contribution in [3.8, 4) is 17.0 Å². The van der Waals surface area contributed by atoms with E-state index in [-0.39, 0.29) is 12.5 Å². The van der Waals surface area contributed by atoms with E-state index in [1.165, 1.54) is 11.3 Å². The van der Waals surface area contributed by atoms with Gasteiger partial charge >= 0.3 is 0 Å². The van der Waals surface area contributed by atoms with Gasteiger partial charge in [-0.05, 0) is 24.3 Å². The third-order valence-electron chi connectivity index (χ3n) is 3.09. The predicted octanol–water partition coefficient (Wildman–Crippen LogP) is 5.13. The number of para-hydroxylation sites is 1. The van der Waals surface area contributed by atoms with Crippen molar-refractivity contribution in [2.75, 3.05) is 11.9 Å². The van der Waals surface area contributed by atoms with Crippen molar-refractivity contribution < 1.29 is 9.53 Å². The first-order valence-corrected chi connectivity index (χ1v) is 8.64. The van der Waals surface area contributed by atoms with Crippen LogP contribution in [0.15, 0.2) is 53.9 Å². The zero-order valence-electron chi connectivity index (χ0n) is 12.3. The van der Waals surface area contributed by atoms with Crippen LogP contribution in [0.25, 0.3) is 11.3 Å². The van der Waals surface area contributed by atoms with Gasteiger partial charge in [0.1, 0.15) is 5.75 Å². The lowest BCUT2D eigenvalue weighted by Crippen LogP contribution is -2.20. The number of ether oxygens (including phenoxy) is 1. The second-order valence-corrected chi connectivity index (χ2v) is 6.51. The Morgan fingerprint density at radius 3 is 2.62 bits per heavy atom. The van der Waals surface area contributed by atoms with Crippen molar-refractivity contribution in [3.05, 3.63) is 64.0 Å². The molecule has 0 aliphatic rings. The molecule has 0 radical (unpaired) electrons. The van der Waals surface area contributed by atoms with Crippen molar-refractivity contribution in [2.24, 2.45) is 0 Å². The van der Waals surface area contributed by atoms with E-state index < -0.39 is 0 Å². The zero-order valence-corrected chi connectivity index (χ0v) is 14.7. The molecule has 0 unspecified atom stereocenters. The Morgan fingerprint density at radius 2 is 1.88 bits per heavy atom. The summed E-state index contributed by atoms with van der Waals surface area (Å²) in [4.78, 5) is 16.3. The Balaban J connectivity index is 1.59. The van der Waals surface area contributed by atoms with Gasteiger partial charge in [0.15, 0.2) is 11.7 Å². The molecule has 1 amide bonds. The van der Waals surface area contributed by atoms with Gasteiger partial charge in [0, 0.05) is 16.0 Å². The molecule has 3 rings (SSSR count). The van der Waals surface area contributed by atoms with Crippen LogP contribution in [0.5, 0.6) is 5.75 Å². The highest BCUT2D eigenvalue weighted by atomic mass is 35.5. The number of hydrogen-bond acceptors (Lipinski definition) is 4. The maximum absolute atomic E-state index is 12.0. The smallest absolute Gasteiger partial charge is 0.264 e. The van der Waals surface area contributed by atoms with Crippen LogP contribution in [0, 0.1) is 0 Å². The molecule has 1 N–H and O–H groups in total. The number of aromatic nitrogens is 1. The summed E-state index contributed by atoms with van der Waals surface area (Å²) in [6, 6.07) is 14.3. The summed E-state index contributed by atoms with van der Waals surface area (Å²) in [6.07, 6.45) is 0. The highest BCUT2D eigenvalue weighted by molar-refractivity contribution is 7.14. The molecular formula is C17H12Cl2N2O2S. The van der Waals surface area contributed by atoms with Crippen LogP contribution in [0.3, 0.4) is 0 Å². The van der Waals surface area contributed by atoms with E-state index >= 15 is 0 Å². The SMILES string of the molecule is O=C(COc1ccccc1Cl)Nc1nc(-c2ccc(Cl)cc2)cs1. The average Bonchev–Trinajstić information content (AvgIpc) is 3.03. The monoisotopic (exact) mass is 378 g/mol. The van der Waals surface area contributed by atoms with Crippen LogP contribution in [-0.2, 0) is 4.79 Å². The Labute approximate surface area is 153 Å². The number of halogens is 2. The summed E-state index contributed by atoms with van der Waals surface area (Å²) in [6.45, 7) is -0.139. The van der Waals surface area contributed by atoms with E-state index in [0.29, 0.717) is 20.9 Å². The summed E-state index contributed by atoms with van der Waals surface area (Å²) in [5, 5.41) is 6.21. The first-order chi connectivity index (χ1) is 11.6. The number of thiazole rings is 1. The first-order valence-electron chi connectivity index (χ1n) is 7.00. The van der Waals surface area contributed by atoms with E-state index in [1.54, 1.807) is 36.4 Å². The molecule has 0 aliphatic heterocycles. The van der Waals surface area contributed by atoms with Crippen molar-refractivity contribution in [1.82, 2.24) is 4.98 Å². The molecule has 0 fully saturated rings. The molecule has 2 aromatic carbocycles. The molecule has 0 atom stereocenters. The molecule has 0 bridgehead atoms. The summed E-state index contributed by atoms with van der Waals surface area (Å²) in [5.74, 6) is 0.169. The fourth-order valence-corrected chi connectivity index (χ4v) is 3.00. The van der Waals surface area contributed by atoms with Crippen LogP contribution < -0.4 is 10.1 Å². The van der Waals surface area contributed by atoms with Crippen LogP contribution in [0.1, 0.15) is 0 Å². The standard InChI is InChI=1S/C17H12Cl2N2O2S/c18-12-7-5-11(6-8-12)14-10-24-17(20-14)21-16(22)9-23-15-4-2-1-3-13(15)19/h1-8,10H,9H2,(H,20,21,22). The minimum Gasteiger partial charge on any atom is -0.482 e. The Kier molecular flexibility index (Phi) is 5.35. The van der Waals surface area contributed by atoms with Gasteiger partial charge in [-0.2, -0.15) is 0 Å². The van der Waals surface area contributed by atoms with E-state index in [9.17, 15) is 4.79 Å². The Morgan fingerprint density at radius 1 is 1.12 bits per heavy atom. The van der Waals surface area contributed by atoms with Gasteiger partial charge in [-0.1, -0.05) is 47.5 Å². The number of nitrogens with one attached hydrogen (secondary N) is 1. The second-order valence-electron chi connectivity index (χ2n) is 4.81. The van der Waals surface area contributed by atoms with Crippen molar-refractivity contribution in [3.63, 3.8) is 0 Å². The van der Waals surface area contributed by atoms with E-state index in [4.69, 9.17) is 27.9 Å². The second kappa shape index (κ2) is 7.66. The maximum Gasteiger partial charge on any atom is 0.264 e.